The van der Waals surface area contributed by atoms with Gasteiger partial charge in [0.25, 0.3) is 0 Å². The maximum Gasteiger partial charge on any atom is 0.230 e. The standard InChI is InChI=1S/C18H22N4O3S/c23-17(12-26-18-21-20-16-8-2-1-5-9-22(16)18)19-10-13-11-24-14-6-3-4-7-15(14)25-13/h3-4,6-7,13H,1-2,5,8-12H2,(H,19,23). The van der Waals surface area contributed by atoms with Gasteiger partial charge in [-0.05, 0) is 25.0 Å². The van der Waals surface area contributed by atoms with Gasteiger partial charge in [0.05, 0.1) is 12.3 Å². The minimum atomic E-state index is -0.178. The summed E-state index contributed by atoms with van der Waals surface area (Å²) >= 11 is 1.44. The van der Waals surface area contributed by atoms with Crippen molar-refractivity contribution < 1.29 is 14.3 Å². The molecule has 0 saturated heterocycles. The number of para-hydroxylation sites is 2. The number of aryl methyl sites for hydroxylation is 1. The summed E-state index contributed by atoms with van der Waals surface area (Å²) in [5.41, 5.74) is 0. The summed E-state index contributed by atoms with van der Waals surface area (Å²) in [7, 11) is 0. The molecule has 1 atom stereocenters. The van der Waals surface area contributed by atoms with Crippen LogP contribution >= 0.6 is 11.8 Å². The molecule has 1 N–H and O–H groups in total. The fourth-order valence-electron chi connectivity index (χ4n) is 3.14. The molecule has 1 aromatic heterocycles. The summed E-state index contributed by atoms with van der Waals surface area (Å²) in [6, 6.07) is 7.56. The summed E-state index contributed by atoms with van der Waals surface area (Å²) in [5, 5.41) is 12.2. The van der Waals surface area contributed by atoms with Crippen molar-refractivity contribution in [1.29, 1.82) is 0 Å². The first-order valence-corrected chi connectivity index (χ1v) is 9.98. The Labute approximate surface area is 156 Å². The highest BCUT2D eigenvalue weighted by molar-refractivity contribution is 7.99. The number of nitrogens with one attached hydrogen (secondary N) is 1. The molecular formula is C18H22N4O3S. The summed E-state index contributed by atoms with van der Waals surface area (Å²) in [6.07, 6.45) is 4.32. The minimum Gasteiger partial charge on any atom is -0.486 e. The van der Waals surface area contributed by atoms with Gasteiger partial charge in [-0.25, -0.2) is 0 Å². The van der Waals surface area contributed by atoms with E-state index in [4.69, 9.17) is 9.47 Å². The minimum absolute atomic E-state index is 0.0385. The third kappa shape index (κ3) is 3.95. The average Bonchev–Trinajstić information content (AvgIpc) is 2.90. The van der Waals surface area contributed by atoms with Crippen LogP contribution in [0, 0.1) is 0 Å². The lowest BCUT2D eigenvalue weighted by atomic mass is 10.2. The van der Waals surface area contributed by atoms with E-state index in [1.807, 2.05) is 24.3 Å². The van der Waals surface area contributed by atoms with Gasteiger partial charge in [0.15, 0.2) is 16.7 Å². The zero-order chi connectivity index (χ0) is 17.8. The van der Waals surface area contributed by atoms with Gasteiger partial charge < -0.3 is 19.4 Å². The number of carbonyl (C=O) groups is 1. The molecule has 26 heavy (non-hydrogen) atoms. The van der Waals surface area contributed by atoms with Gasteiger partial charge in [-0.1, -0.05) is 30.3 Å². The van der Waals surface area contributed by atoms with Crippen LogP contribution in [0.3, 0.4) is 0 Å². The topological polar surface area (TPSA) is 78.3 Å². The van der Waals surface area contributed by atoms with Crippen LogP contribution in [0.1, 0.15) is 25.1 Å². The first kappa shape index (κ1) is 17.2. The normalized spacial score (nSPS) is 18.7. The van der Waals surface area contributed by atoms with Crippen molar-refractivity contribution in [2.24, 2.45) is 0 Å². The van der Waals surface area contributed by atoms with Gasteiger partial charge in [0.2, 0.25) is 5.91 Å². The Bertz CT molecular complexity index is 780. The highest BCUT2D eigenvalue weighted by Gasteiger charge is 2.21. The molecule has 2 aromatic rings. The third-order valence-electron chi connectivity index (χ3n) is 4.50. The molecule has 7 nitrogen and oxygen atoms in total. The van der Waals surface area contributed by atoms with Crippen molar-refractivity contribution in [1.82, 2.24) is 20.1 Å². The summed E-state index contributed by atoms with van der Waals surface area (Å²) < 4.78 is 13.7. The molecule has 3 heterocycles. The highest BCUT2D eigenvalue weighted by atomic mass is 32.2. The maximum atomic E-state index is 12.2. The molecule has 1 unspecified atom stereocenters. The molecule has 0 aliphatic carbocycles. The van der Waals surface area contributed by atoms with Crippen LogP contribution < -0.4 is 14.8 Å². The lowest BCUT2D eigenvalue weighted by molar-refractivity contribution is -0.119. The predicted molar refractivity (Wildman–Crippen MR) is 97.7 cm³/mol. The Hall–Kier alpha value is -2.22. The molecule has 0 saturated carbocycles. The number of hydrogen-bond acceptors (Lipinski definition) is 6. The van der Waals surface area contributed by atoms with E-state index < -0.39 is 0 Å². The molecule has 138 valence electrons. The van der Waals surface area contributed by atoms with E-state index >= 15 is 0 Å². The van der Waals surface area contributed by atoms with Gasteiger partial charge in [0, 0.05) is 13.0 Å². The van der Waals surface area contributed by atoms with Gasteiger partial charge in [-0.2, -0.15) is 0 Å². The van der Waals surface area contributed by atoms with Crippen LogP contribution in [0.15, 0.2) is 29.4 Å². The SMILES string of the molecule is O=C(CSc1nnc2n1CCCCC2)NCC1COc2ccccc2O1. The zero-order valence-electron chi connectivity index (χ0n) is 14.5. The smallest absolute Gasteiger partial charge is 0.230 e. The Kier molecular flexibility index (Phi) is 5.29. The summed E-state index contributed by atoms with van der Waals surface area (Å²) in [4.78, 5) is 12.2. The Balaban J connectivity index is 1.25. The average molecular weight is 374 g/mol. The lowest BCUT2D eigenvalue weighted by Crippen LogP contribution is -2.41. The molecule has 4 rings (SSSR count). The molecule has 0 fully saturated rings. The van der Waals surface area contributed by atoms with Gasteiger partial charge in [-0.3, -0.25) is 4.79 Å². The number of thioether (sulfide) groups is 1. The molecule has 0 radical (unpaired) electrons. The van der Waals surface area contributed by atoms with Crippen LogP contribution in [-0.2, 0) is 17.8 Å². The van der Waals surface area contributed by atoms with Crippen LogP contribution in [0.5, 0.6) is 11.5 Å². The predicted octanol–water partition coefficient (Wildman–Crippen LogP) is 2.05. The van der Waals surface area contributed by atoms with E-state index in [0.717, 1.165) is 48.3 Å². The molecular weight excluding hydrogens is 352 g/mol. The summed E-state index contributed by atoms with van der Waals surface area (Å²) in [6.45, 7) is 1.80. The van der Waals surface area contributed by atoms with Gasteiger partial charge in [-0.15, -0.1) is 10.2 Å². The molecule has 1 amide bonds. The fourth-order valence-corrected chi connectivity index (χ4v) is 3.95. The number of ether oxygens (including phenoxy) is 2. The molecule has 0 spiro atoms. The van der Waals surface area contributed by atoms with Gasteiger partial charge in [0.1, 0.15) is 18.5 Å². The molecule has 1 aromatic carbocycles. The van der Waals surface area contributed by atoms with E-state index in [2.05, 4.69) is 20.1 Å². The maximum absolute atomic E-state index is 12.2. The molecule has 2 aliphatic rings. The number of benzene rings is 1. The van der Waals surface area contributed by atoms with E-state index in [0.29, 0.717) is 18.9 Å². The Morgan fingerprint density at radius 1 is 1.23 bits per heavy atom. The van der Waals surface area contributed by atoms with Crippen LogP contribution in [-0.4, -0.2) is 45.7 Å². The molecule has 0 bridgehead atoms. The number of rotatable bonds is 5. The van der Waals surface area contributed by atoms with Gasteiger partial charge >= 0.3 is 0 Å². The Morgan fingerprint density at radius 3 is 3.04 bits per heavy atom. The van der Waals surface area contributed by atoms with Crippen molar-refractivity contribution in [2.75, 3.05) is 18.9 Å². The van der Waals surface area contributed by atoms with Crippen molar-refractivity contribution in [3.8, 4) is 11.5 Å². The van der Waals surface area contributed by atoms with E-state index in [1.165, 1.54) is 18.2 Å². The van der Waals surface area contributed by atoms with Crippen molar-refractivity contribution in [3.05, 3.63) is 30.1 Å². The van der Waals surface area contributed by atoms with E-state index in [1.54, 1.807) is 0 Å². The number of fused-ring (bicyclic) bond motifs is 2. The van der Waals surface area contributed by atoms with Crippen molar-refractivity contribution in [3.63, 3.8) is 0 Å². The lowest BCUT2D eigenvalue weighted by Gasteiger charge is -2.26. The van der Waals surface area contributed by atoms with Crippen LogP contribution in [0.2, 0.25) is 0 Å². The van der Waals surface area contributed by atoms with Crippen molar-refractivity contribution >= 4 is 17.7 Å². The third-order valence-corrected chi connectivity index (χ3v) is 5.47. The fraction of sp³-hybridized carbons (Fsp3) is 0.500. The van der Waals surface area contributed by atoms with E-state index in [-0.39, 0.29) is 12.0 Å². The number of hydrogen-bond donors (Lipinski definition) is 1. The monoisotopic (exact) mass is 374 g/mol. The number of aromatic nitrogens is 3. The quantitative estimate of drug-likeness (QED) is 0.807. The largest absolute Gasteiger partial charge is 0.486 e. The first-order valence-electron chi connectivity index (χ1n) is 8.99. The molecule has 8 heteroatoms. The highest BCUT2D eigenvalue weighted by Crippen LogP contribution is 2.30. The molecule has 2 aliphatic heterocycles. The number of nitrogens with zero attached hydrogens (tertiary/aromatic N) is 3. The van der Waals surface area contributed by atoms with Crippen LogP contribution in [0.4, 0.5) is 0 Å². The van der Waals surface area contributed by atoms with Crippen LogP contribution in [0.25, 0.3) is 0 Å². The first-order chi connectivity index (χ1) is 12.8. The second-order valence-corrected chi connectivity index (χ2v) is 7.39. The Morgan fingerprint density at radius 2 is 2.12 bits per heavy atom. The number of carbonyl (C=O) groups excluding carboxylic acids is 1. The second-order valence-electron chi connectivity index (χ2n) is 6.45. The summed E-state index contributed by atoms with van der Waals surface area (Å²) in [5.74, 6) is 2.79. The van der Waals surface area contributed by atoms with Crippen molar-refractivity contribution in [2.45, 2.75) is 43.5 Å². The van der Waals surface area contributed by atoms with E-state index in [9.17, 15) is 4.79 Å². The second kappa shape index (κ2) is 7.99. The zero-order valence-corrected chi connectivity index (χ0v) is 15.3. The number of amides is 1.